The maximum absolute atomic E-state index is 12.9. The van der Waals surface area contributed by atoms with Crippen LogP contribution in [0.4, 0.5) is 10.1 Å². The quantitative estimate of drug-likeness (QED) is 0.863. The Morgan fingerprint density at radius 3 is 2.74 bits per heavy atom. The maximum atomic E-state index is 12.9. The number of halogens is 1. The Labute approximate surface area is 110 Å². The minimum absolute atomic E-state index is 0.106. The van der Waals surface area contributed by atoms with Crippen LogP contribution in [0.1, 0.15) is 5.56 Å². The topological polar surface area (TPSA) is 54.0 Å². The number of aromatic nitrogens is 1. The molecule has 0 fully saturated rings. The molecule has 0 aliphatic heterocycles. The van der Waals surface area contributed by atoms with Crippen LogP contribution in [-0.2, 0) is 11.3 Å². The van der Waals surface area contributed by atoms with Crippen molar-refractivity contribution in [1.82, 2.24) is 10.3 Å². The molecule has 2 aromatic rings. The summed E-state index contributed by atoms with van der Waals surface area (Å²) in [5.41, 5.74) is 1.56. The van der Waals surface area contributed by atoms with E-state index in [9.17, 15) is 9.18 Å². The second kappa shape index (κ2) is 6.49. The molecule has 1 amide bonds. The van der Waals surface area contributed by atoms with Gasteiger partial charge in [0.2, 0.25) is 5.91 Å². The van der Waals surface area contributed by atoms with Crippen LogP contribution >= 0.6 is 0 Å². The van der Waals surface area contributed by atoms with E-state index in [1.807, 2.05) is 12.1 Å². The van der Waals surface area contributed by atoms with Crippen molar-refractivity contribution < 1.29 is 9.18 Å². The molecular weight excluding hydrogens is 245 g/mol. The minimum atomic E-state index is -0.331. The highest BCUT2D eigenvalue weighted by molar-refractivity contribution is 5.80. The molecule has 2 rings (SSSR count). The summed E-state index contributed by atoms with van der Waals surface area (Å²) in [5, 5.41) is 5.62. The van der Waals surface area contributed by atoms with Crippen molar-refractivity contribution in [3.8, 4) is 0 Å². The normalized spacial score (nSPS) is 9.95. The zero-order valence-electron chi connectivity index (χ0n) is 10.3. The molecule has 0 spiro atoms. The molecule has 0 radical (unpaired) electrons. The lowest BCUT2D eigenvalue weighted by Gasteiger charge is -2.07. The van der Waals surface area contributed by atoms with E-state index in [2.05, 4.69) is 15.6 Å². The van der Waals surface area contributed by atoms with Crippen LogP contribution in [0.3, 0.4) is 0 Å². The summed E-state index contributed by atoms with van der Waals surface area (Å²) in [7, 11) is 0. The van der Waals surface area contributed by atoms with Crippen LogP contribution in [0.15, 0.2) is 48.8 Å². The van der Waals surface area contributed by atoms with E-state index in [1.54, 1.807) is 24.5 Å². The highest BCUT2D eigenvalue weighted by Gasteiger charge is 2.01. The number of hydrogen-bond acceptors (Lipinski definition) is 3. The molecule has 1 aromatic heterocycles. The van der Waals surface area contributed by atoms with E-state index >= 15 is 0 Å². The number of anilines is 1. The van der Waals surface area contributed by atoms with E-state index in [-0.39, 0.29) is 18.3 Å². The van der Waals surface area contributed by atoms with E-state index in [1.165, 1.54) is 12.1 Å². The molecule has 0 saturated carbocycles. The predicted molar refractivity (Wildman–Crippen MR) is 71.0 cm³/mol. The van der Waals surface area contributed by atoms with Crippen LogP contribution < -0.4 is 10.6 Å². The molecule has 0 saturated heterocycles. The van der Waals surface area contributed by atoms with Crippen molar-refractivity contribution in [3.63, 3.8) is 0 Å². The van der Waals surface area contributed by atoms with Crippen LogP contribution in [0.5, 0.6) is 0 Å². The van der Waals surface area contributed by atoms with Gasteiger partial charge in [-0.05, 0) is 35.9 Å². The number of carbonyl (C=O) groups is 1. The maximum Gasteiger partial charge on any atom is 0.239 e. The fraction of sp³-hybridized carbons (Fsp3) is 0.143. The zero-order chi connectivity index (χ0) is 13.5. The second-order valence-electron chi connectivity index (χ2n) is 4.00. The Balaban J connectivity index is 1.76. The number of nitrogens with zero attached hydrogens (tertiary/aromatic N) is 1. The third-order valence-corrected chi connectivity index (χ3v) is 2.52. The molecule has 4 nitrogen and oxygen atoms in total. The first kappa shape index (κ1) is 13.0. The van der Waals surface area contributed by atoms with Crippen molar-refractivity contribution in [2.45, 2.75) is 6.54 Å². The Kier molecular flexibility index (Phi) is 4.44. The van der Waals surface area contributed by atoms with Gasteiger partial charge in [-0.3, -0.25) is 9.78 Å². The smallest absolute Gasteiger partial charge is 0.239 e. The summed E-state index contributed by atoms with van der Waals surface area (Å²) in [6, 6.07) is 9.66. The van der Waals surface area contributed by atoms with Gasteiger partial charge in [0.15, 0.2) is 0 Å². The van der Waals surface area contributed by atoms with Crippen molar-refractivity contribution >= 4 is 11.6 Å². The molecule has 1 aromatic carbocycles. The lowest BCUT2D eigenvalue weighted by atomic mass is 10.2. The van der Waals surface area contributed by atoms with Gasteiger partial charge in [-0.25, -0.2) is 4.39 Å². The van der Waals surface area contributed by atoms with Gasteiger partial charge in [-0.15, -0.1) is 0 Å². The minimum Gasteiger partial charge on any atom is -0.376 e. The number of rotatable bonds is 5. The number of benzene rings is 1. The van der Waals surface area contributed by atoms with Crippen LogP contribution in [0.25, 0.3) is 0 Å². The van der Waals surface area contributed by atoms with Gasteiger partial charge in [0, 0.05) is 24.6 Å². The molecule has 98 valence electrons. The lowest BCUT2D eigenvalue weighted by molar-refractivity contribution is -0.119. The second-order valence-corrected chi connectivity index (χ2v) is 4.00. The summed E-state index contributed by atoms with van der Waals surface area (Å²) in [5.74, 6) is -0.483. The Morgan fingerprint density at radius 1 is 1.21 bits per heavy atom. The molecular formula is C14H14FN3O. The van der Waals surface area contributed by atoms with Crippen LogP contribution in [0, 0.1) is 5.82 Å². The molecule has 0 atom stereocenters. The van der Waals surface area contributed by atoms with E-state index in [0.717, 1.165) is 5.56 Å². The standard InChI is InChI=1S/C14H14FN3O/c15-12-2-1-3-13(8-12)17-10-14(19)18-9-11-4-6-16-7-5-11/h1-8,17H,9-10H2,(H,18,19). The summed E-state index contributed by atoms with van der Waals surface area (Å²) in [6.07, 6.45) is 3.35. The molecule has 0 aliphatic rings. The first-order valence-corrected chi connectivity index (χ1v) is 5.89. The number of nitrogens with one attached hydrogen (secondary N) is 2. The first-order valence-electron chi connectivity index (χ1n) is 5.89. The van der Waals surface area contributed by atoms with Crippen molar-refractivity contribution in [3.05, 3.63) is 60.2 Å². The van der Waals surface area contributed by atoms with Gasteiger partial charge in [0.25, 0.3) is 0 Å². The van der Waals surface area contributed by atoms with Crippen molar-refractivity contribution in [1.29, 1.82) is 0 Å². The Bertz CT molecular complexity index is 545. The van der Waals surface area contributed by atoms with Gasteiger partial charge in [0.1, 0.15) is 5.82 Å². The van der Waals surface area contributed by atoms with Gasteiger partial charge < -0.3 is 10.6 Å². The van der Waals surface area contributed by atoms with Crippen LogP contribution in [-0.4, -0.2) is 17.4 Å². The summed E-state index contributed by atoms with van der Waals surface area (Å²) in [4.78, 5) is 15.5. The lowest BCUT2D eigenvalue weighted by Crippen LogP contribution is -2.29. The highest BCUT2D eigenvalue weighted by Crippen LogP contribution is 2.08. The van der Waals surface area contributed by atoms with Crippen molar-refractivity contribution in [2.75, 3.05) is 11.9 Å². The van der Waals surface area contributed by atoms with Gasteiger partial charge in [-0.1, -0.05) is 6.07 Å². The summed E-state index contributed by atoms with van der Waals surface area (Å²) in [6.45, 7) is 0.556. The third kappa shape index (κ3) is 4.39. The molecule has 2 N–H and O–H groups in total. The summed E-state index contributed by atoms with van der Waals surface area (Å²) < 4.78 is 12.9. The van der Waals surface area contributed by atoms with Crippen molar-refractivity contribution in [2.24, 2.45) is 0 Å². The first-order chi connectivity index (χ1) is 9.24. The Morgan fingerprint density at radius 2 is 2.00 bits per heavy atom. The van der Waals surface area contributed by atoms with E-state index < -0.39 is 0 Å². The Hall–Kier alpha value is -2.43. The fourth-order valence-electron chi connectivity index (χ4n) is 1.54. The number of pyridine rings is 1. The molecule has 1 heterocycles. The van der Waals surface area contributed by atoms with E-state index in [4.69, 9.17) is 0 Å². The largest absolute Gasteiger partial charge is 0.376 e. The van der Waals surface area contributed by atoms with E-state index in [0.29, 0.717) is 12.2 Å². The third-order valence-electron chi connectivity index (χ3n) is 2.52. The highest BCUT2D eigenvalue weighted by atomic mass is 19.1. The summed E-state index contributed by atoms with van der Waals surface area (Å²) >= 11 is 0. The molecule has 0 aliphatic carbocycles. The van der Waals surface area contributed by atoms with Gasteiger partial charge >= 0.3 is 0 Å². The van der Waals surface area contributed by atoms with Crippen LogP contribution in [0.2, 0.25) is 0 Å². The molecule has 19 heavy (non-hydrogen) atoms. The molecule has 0 unspecified atom stereocenters. The fourth-order valence-corrected chi connectivity index (χ4v) is 1.54. The van der Waals surface area contributed by atoms with Gasteiger partial charge in [0.05, 0.1) is 6.54 Å². The average Bonchev–Trinajstić information content (AvgIpc) is 2.44. The average molecular weight is 259 g/mol. The SMILES string of the molecule is O=C(CNc1cccc(F)c1)NCc1ccncc1. The molecule has 5 heteroatoms. The predicted octanol–water partition coefficient (Wildman–Crippen LogP) is 1.95. The number of hydrogen-bond donors (Lipinski definition) is 2. The molecule has 0 bridgehead atoms. The number of carbonyl (C=O) groups excluding carboxylic acids is 1. The van der Waals surface area contributed by atoms with Gasteiger partial charge in [-0.2, -0.15) is 0 Å². The zero-order valence-corrected chi connectivity index (χ0v) is 10.3. The number of amides is 1. The monoisotopic (exact) mass is 259 g/mol.